The summed E-state index contributed by atoms with van der Waals surface area (Å²) in [6.45, 7) is 42.6. The SMILES string of the molecule is C#C.C=C(C)/C(C)=C/C(=C/C)C(/C)=C\C.C=CC1CC(C)=CC(C)C1.CC.CC.CC.CCC[C@H](C)c1ccc(CC)cc1.CCF. The summed E-state index contributed by atoms with van der Waals surface area (Å²) in [5.41, 5.74) is 9.42. The van der Waals surface area contributed by atoms with Crippen LogP contribution in [0.25, 0.3) is 0 Å². The second-order valence-electron chi connectivity index (χ2n) is 10.8. The highest BCUT2D eigenvalue weighted by molar-refractivity contribution is 5.43. The Kier molecular flexibility index (Phi) is 51.9. The van der Waals surface area contributed by atoms with Crippen molar-refractivity contribution in [1.82, 2.24) is 0 Å². The van der Waals surface area contributed by atoms with Crippen molar-refractivity contribution >= 4 is 0 Å². The lowest BCUT2D eigenvalue weighted by atomic mass is 9.84. The van der Waals surface area contributed by atoms with Gasteiger partial charge in [0.2, 0.25) is 0 Å². The smallest absolute Gasteiger partial charge is 0.0866 e. The first kappa shape index (κ1) is 56.5. The summed E-state index contributed by atoms with van der Waals surface area (Å²) in [5.74, 6) is 2.22. The van der Waals surface area contributed by atoms with E-state index in [1.165, 1.54) is 66.0 Å². The van der Waals surface area contributed by atoms with Crippen LogP contribution in [0.5, 0.6) is 0 Å². The normalized spacial score (nSPS) is 15.5. The summed E-state index contributed by atoms with van der Waals surface area (Å²) in [6.07, 6.45) is 25.1. The quantitative estimate of drug-likeness (QED) is 0.149. The molecule has 0 fully saturated rings. The second-order valence-corrected chi connectivity index (χ2v) is 10.8. The van der Waals surface area contributed by atoms with Gasteiger partial charge >= 0.3 is 0 Å². The molecular weight excluding hydrogens is 572 g/mol. The summed E-state index contributed by atoms with van der Waals surface area (Å²) in [4.78, 5) is 0. The van der Waals surface area contributed by atoms with E-state index in [2.05, 4.69) is 143 Å². The molecule has 0 aromatic heterocycles. The van der Waals surface area contributed by atoms with E-state index in [1.54, 1.807) is 0 Å². The van der Waals surface area contributed by atoms with Crippen LogP contribution in [0, 0.1) is 24.7 Å². The first-order valence-corrected chi connectivity index (χ1v) is 18.4. The van der Waals surface area contributed by atoms with Crippen molar-refractivity contribution in [2.45, 2.75) is 156 Å². The third-order valence-corrected chi connectivity index (χ3v) is 7.08. The molecule has 2 rings (SSSR count). The highest BCUT2D eigenvalue weighted by Gasteiger charge is 2.14. The lowest BCUT2D eigenvalue weighted by Gasteiger charge is -2.22. The van der Waals surface area contributed by atoms with Gasteiger partial charge in [0.05, 0.1) is 6.67 Å². The van der Waals surface area contributed by atoms with Gasteiger partial charge in [-0.15, -0.1) is 19.4 Å². The average molecular weight is 653 g/mol. The molecule has 272 valence electrons. The van der Waals surface area contributed by atoms with Gasteiger partial charge in [-0.25, -0.2) is 0 Å². The van der Waals surface area contributed by atoms with Crippen LogP contribution in [0.1, 0.15) is 160 Å². The van der Waals surface area contributed by atoms with Gasteiger partial charge in [-0.05, 0) is 120 Å². The van der Waals surface area contributed by atoms with Crippen molar-refractivity contribution in [2.75, 3.05) is 6.67 Å². The molecule has 0 aliphatic heterocycles. The molecule has 0 nitrogen and oxygen atoms in total. The molecule has 1 aliphatic carbocycles. The summed E-state index contributed by atoms with van der Waals surface area (Å²) >= 11 is 0. The standard InChI is InChI=1S/2C13H20.C10H16.C2H5F.3C2H6.C2H2/c1-4-6-11(3)13-9-7-12(5-2)8-10-13;1-7-11(5)13(8-2)9-12(6)10(3)4;1-4-10-6-8(2)5-9(3)7-10;1-2-3;4*1-2/h7-11H,4-6H2,1-3H3;7-9H,3H2,1-2,4-6H3;4-5,8,10H,1,6-7H2,2-3H3;2H2,1H3;3*1-2H3;1-2H/b;11-7-,12-9+,13-8-;;;;;;/t11-;;;;;;;/m0......./s1. The number of halogens is 1. The Morgan fingerprint density at radius 2 is 1.38 bits per heavy atom. The molecule has 0 heterocycles. The molecule has 0 bridgehead atoms. The van der Waals surface area contributed by atoms with Gasteiger partial charge in [-0.2, -0.15) is 0 Å². The van der Waals surface area contributed by atoms with Crippen LogP contribution in [0.4, 0.5) is 4.39 Å². The van der Waals surface area contributed by atoms with Crippen molar-refractivity contribution in [3.8, 4) is 12.8 Å². The Morgan fingerprint density at radius 1 is 0.915 bits per heavy atom. The summed E-state index contributed by atoms with van der Waals surface area (Å²) in [7, 11) is 0. The molecule has 0 radical (unpaired) electrons. The minimum atomic E-state index is -0.250. The Morgan fingerprint density at radius 3 is 1.70 bits per heavy atom. The molecule has 0 amide bonds. The molecule has 0 spiro atoms. The fraction of sp³-hybridized carbons (Fsp3) is 0.565. The number of benzene rings is 1. The van der Waals surface area contributed by atoms with Gasteiger partial charge in [-0.1, -0.05) is 148 Å². The molecule has 47 heavy (non-hydrogen) atoms. The number of terminal acetylenes is 1. The predicted octanol–water partition coefficient (Wildman–Crippen LogP) is 16.0. The first-order valence-electron chi connectivity index (χ1n) is 18.4. The van der Waals surface area contributed by atoms with Crippen molar-refractivity contribution in [3.63, 3.8) is 0 Å². The molecule has 2 unspecified atom stereocenters. The number of hydrogen-bond donors (Lipinski definition) is 0. The Labute approximate surface area is 297 Å². The van der Waals surface area contributed by atoms with Gasteiger partial charge in [0, 0.05) is 0 Å². The number of aryl methyl sites for hydroxylation is 1. The highest BCUT2D eigenvalue weighted by atomic mass is 19.1. The molecular formula is C46H81F. The highest BCUT2D eigenvalue weighted by Crippen LogP contribution is 2.28. The third-order valence-electron chi connectivity index (χ3n) is 7.08. The fourth-order valence-corrected chi connectivity index (χ4v) is 4.41. The lowest BCUT2D eigenvalue weighted by molar-refractivity contribution is 0.475. The van der Waals surface area contributed by atoms with E-state index in [1.807, 2.05) is 48.5 Å². The minimum absolute atomic E-state index is 0.250. The number of allylic oxidation sites excluding steroid dienone is 10. The Bertz CT molecular complexity index is 962. The van der Waals surface area contributed by atoms with Crippen LogP contribution < -0.4 is 0 Å². The van der Waals surface area contributed by atoms with E-state index in [4.69, 9.17) is 0 Å². The minimum Gasteiger partial charge on any atom is -0.251 e. The maximum Gasteiger partial charge on any atom is 0.0866 e. The zero-order valence-electron chi connectivity index (χ0n) is 34.6. The fourth-order valence-electron chi connectivity index (χ4n) is 4.41. The molecule has 0 saturated carbocycles. The summed E-state index contributed by atoms with van der Waals surface area (Å²) < 4.78 is 10.3. The third kappa shape index (κ3) is 34.3. The second kappa shape index (κ2) is 43.1. The Balaban J connectivity index is -0.000000117. The zero-order chi connectivity index (χ0) is 38.4. The monoisotopic (exact) mass is 653 g/mol. The average Bonchev–Trinajstić information content (AvgIpc) is 3.10. The van der Waals surface area contributed by atoms with E-state index < -0.39 is 0 Å². The van der Waals surface area contributed by atoms with E-state index >= 15 is 0 Å². The van der Waals surface area contributed by atoms with Gasteiger partial charge < -0.3 is 0 Å². The van der Waals surface area contributed by atoms with Gasteiger partial charge in [0.15, 0.2) is 0 Å². The molecule has 0 N–H and O–H groups in total. The van der Waals surface area contributed by atoms with Crippen LogP contribution in [-0.2, 0) is 6.42 Å². The van der Waals surface area contributed by atoms with E-state index in [-0.39, 0.29) is 6.67 Å². The molecule has 1 heteroatoms. The Hall–Kier alpha value is -2.85. The lowest BCUT2D eigenvalue weighted by Crippen LogP contribution is -2.08. The van der Waals surface area contributed by atoms with E-state index in [9.17, 15) is 4.39 Å². The number of hydrogen-bond acceptors (Lipinski definition) is 0. The topological polar surface area (TPSA) is 0 Å². The molecule has 1 aromatic rings. The van der Waals surface area contributed by atoms with Crippen LogP contribution in [0.2, 0.25) is 0 Å². The van der Waals surface area contributed by atoms with Crippen LogP contribution in [0.15, 0.2) is 95.7 Å². The number of rotatable bonds is 8. The molecule has 3 atom stereocenters. The largest absolute Gasteiger partial charge is 0.251 e. The van der Waals surface area contributed by atoms with Crippen molar-refractivity contribution in [1.29, 1.82) is 0 Å². The molecule has 0 saturated heterocycles. The first-order chi connectivity index (χ1) is 22.4. The van der Waals surface area contributed by atoms with Crippen LogP contribution in [0.3, 0.4) is 0 Å². The number of alkyl halides is 1. The molecule has 1 aliphatic rings. The maximum atomic E-state index is 10.3. The van der Waals surface area contributed by atoms with Gasteiger partial charge in [0.1, 0.15) is 0 Å². The van der Waals surface area contributed by atoms with Crippen molar-refractivity contribution < 1.29 is 4.39 Å². The zero-order valence-corrected chi connectivity index (χ0v) is 34.6. The van der Waals surface area contributed by atoms with Crippen LogP contribution >= 0.6 is 0 Å². The van der Waals surface area contributed by atoms with Gasteiger partial charge in [-0.3, -0.25) is 4.39 Å². The summed E-state index contributed by atoms with van der Waals surface area (Å²) in [5, 5.41) is 0. The predicted molar refractivity (Wildman–Crippen MR) is 222 cm³/mol. The van der Waals surface area contributed by atoms with Crippen molar-refractivity contribution in [2.24, 2.45) is 11.8 Å². The maximum absolute atomic E-state index is 10.3. The van der Waals surface area contributed by atoms with Crippen LogP contribution in [-0.4, -0.2) is 6.67 Å². The van der Waals surface area contributed by atoms with Gasteiger partial charge in [0.25, 0.3) is 0 Å². The van der Waals surface area contributed by atoms with E-state index in [0.717, 1.165) is 29.7 Å². The van der Waals surface area contributed by atoms with E-state index in [0.29, 0.717) is 0 Å². The van der Waals surface area contributed by atoms with Crippen molar-refractivity contribution in [3.05, 3.63) is 107 Å². The molecule has 1 aromatic carbocycles. The summed E-state index contributed by atoms with van der Waals surface area (Å²) in [6, 6.07) is 9.06.